The molecule has 16 heavy (non-hydrogen) atoms. The number of aromatic carboxylic acids is 1. The predicted octanol–water partition coefficient (Wildman–Crippen LogP) is 0.984. The van der Waals surface area contributed by atoms with Gasteiger partial charge in [-0.05, 0) is 33.0 Å². The molecule has 0 amide bonds. The number of aromatic nitrogens is 2. The fourth-order valence-corrected chi connectivity index (χ4v) is 1.96. The van der Waals surface area contributed by atoms with Crippen LogP contribution >= 0.6 is 0 Å². The number of hydrogen-bond donors (Lipinski definition) is 1. The van der Waals surface area contributed by atoms with Crippen LogP contribution in [0.5, 0.6) is 0 Å². The highest BCUT2D eigenvalue weighted by molar-refractivity contribution is 5.84. The lowest BCUT2D eigenvalue weighted by molar-refractivity contribution is 0.0690. The van der Waals surface area contributed by atoms with E-state index in [0.717, 1.165) is 31.6 Å². The van der Waals surface area contributed by atoms with Gasteiger partial charge in [0.2, 0.25) is 0 Å². The first kappa shape index (κ1) is 11.0. The highest BCUT2D eigenvalue weighted by atomic mass is 16.4. The van der Waals surface area contributed by atoms with Crippen molar-refractivity contribution >= 4 is 5.97 Å². The van der Waals surface area contributed by atoms with Crippen LogP contribution in [0.1, 0.15) is 34.9 Å². The van der Waals surface area contributed by atoms with E-state index < -0.39 is 5.97 Å². The lowest BCUT2D eigenvalue weighted by Gasteiger charge is -2.28. The highest BCUT2D eigenvalue weighted by Gasteiger charge is 2.20. The molecule has 5 nitrogen and oxygen atoms in total. The summed E-state index contributed by atoms with van der Waals surface area (Å²) < 4.78 is 0. The summed E-state index contributed by atoms with van der Waals surface area (Å²) >= 11 is 0. The zero-order valence-electron chi connectivity index (χ0n) is 9.26. The molecule has 1 aliphatic heterocycles. The molecular formula is C11H15N3O2. The maximum atomic E-state index is 10.6. The van der Waals surface area contributed by atoms with Gasteiger partial charge in [-0.3, -0.25) is 4.98 Å². The van der Waals surface area contributed by atoms with Gasteiger partial charge in [-0.15, -0.1) is 0 Å². The lowest BCUT2D eigenvalue weighted by atomic mass is 9.94. The third kappa shape index (κ3) is 2.36. The van der Waals surface area contributed by atoms with Crippen molar-refractivity contribution in [3.63, 3.8) is 0 Å². The van der Waals surface area contributed by atoms with Crippen molar-refractivity contribution in [2.45, 2.75) is 18.8 Å². The van der Waals surface area contributed by atoms with Crippen LogP contribution in [0.15, 0.2) is 12.4 Å². The van der Waals surface area contributed by atoms with Crippen LogP contribution in [0.3, 0.4) is 0 Å². The van der Waals surface area contributed by atoms with Crippen LogP contribution in [-0.4, -0.2) is 46.1 Å². The zero-order chi connectivity index (χ0) is 11.5. The fourth-order valence-electron chi connectivity index (χ4n) is 1.96. The SMILES string of the molecule is CN1CCC(c2cnc(C(=O)O)cn2)CC1. The zero-order valence-corrected chi connectivity index (χ0v) is 9.26. The topological polar surface area (TPSA) is 66.3 Å². The second kappa shape index (κ2) is 4.57. The number of rotatable bonds is 2. The van der Waals surface area contributed by atoms with Gasteiger partial charge < -0.3 is 10.0 Å². The van der Waals surface area contributed by atoms with Crippen molar-refractivity contribution in [2.24, 2.45) is 0 Å². The highest BCUT2D eigenvalue weighted by Crippen LogP contribution is 2.25. The maximum absolute atomic E-state index is 10.6. The first-order chi connectivity index (χ1) is 7.66. The average Bonchev–Trinajstić information content (AvgIpc) is 2.30. The second-order valence-corrected chi connectivity index (χ2v) is 4.21. The smallest absolute Gasteiger partial charge is 0.356 e. The van der Waals surface area contributed by atoms with Crippen LogP contribution in [0, 0.1) is 0 Å². The number of likely N-dealkylation sites (tertiary alicyclic amines) is 1. The molecule has 0 radical (unpaired) electrons. The number of carbonyl (C=O) groups is 1. The molecule has 0 saturated carbocycles. The molecular weight excluding hydrogens is 206 g/mol. The first-order valence-corrected chi connectivity index (χ1v) is 5.40. The van der Waals surface area contributed by atoms with Crippen LogP contribution in [-0.2, 0) is 0 Å². The molecule has 1 aromatic heterocycles. The lowest BCUT2D eigenvalue weighted by Crippen LogP contribution is -2.29. The van der Waals surface area contributed by atoms with E-state index >= 15 is 0 Å². The van der Waals surface area contributed by atoms with E-state index in [4.69, 9.17) is 5.11 Å². The maximum Gasteiger partial charge on any atom is 0.356 e. The summed E-state index contributed by atoms with van der Waals surface area (Å²) in [5.74, 6) is -0.603. The molecule has 1 N–H and O–H groups in total. The molecule has 1 saturated heterocycles. The second-order valence-electron chi connectivity index (χ2n) is 4.21. The van der Waals surface area contributed by atoms with Crippen molar-refractivity contribution in [3.05, 3.63) is 23.8 Å². The Kier molecular flexibility index (Phi) is 3.14. The minimum Gasteiger partial charge on any atom is -0.476 e. The Balaban J connectivity index is 2.07. The van der Waals surface area contributed by atoms with Crippen molar-refractivity contribution in [1.29, 1.82) is 0 Å². The van der Waals surface area contributed by atoms with Gasteiger partial charge in [0.15, 0.2) is 5.69 Å². The van der Waals surface area contributed by atoms with E-state index in [1.165, 1.54) is 6.20 Å². The van der Waals surface area contributed by atoms with Gasteiger partial charge >= 0.3 is 5.97 Å². The Morgan fingerprint density at radius 3 is 2.56 bits per heavy atom. The van der Waals surface area contributed by atoms with Gasteiger partial charge in [-0.2, -0.15) is 0 Å². The Hall–Kier alpha value is -1.49. The summed E-state index contributed by atoms with van der Waals surface area (Å²) in [6, 6.07) is 0. The largest absolute Gasteiger partial charge is 0.476 e. The van der Waals surface area contributed by atoms with E-state index in [0.29, 0.717) is 5.92 Å². The van der Waals surface area contributed by atoms with Crippen LogP contribution in [0.25, 0.3) is 0 Å². The van der Waals surface area contributed by atoms with E-state index in [1.54, 1.807) is 6.20 Å². The Labute approximate surface area is 94.1 Å². The number of nitrogens with zero attached hydrogens (tertiary/aromatic N) is 3. The molecule has 1 fully saturated rings. The van der Waals surface area contributed by atoms with Crippen LogP contribution in [0.2, 0.25) is 0 Å². The van der Waals surface area contributed by atoms with Crippen molar-refractivity contribution < 1.29 is 9.90 Å². The van der Waals surface area contributed by atoms with E-state index in [2.05, 4.69) is 21.9 Å². The third-order valence-corrected chi connectivity index (χ3v) is 3.03. The van der Waals surface area contributed by atoms with E-state index in [9.17, 15) is 4.79 Å². The van der Waals surface area contributed by atoms with Gasteiger partial charge in [-0.1, -0.05) is 0 Å². The monoisotopic (exact) mass is 221 g/mol. The number of hydrogen-bond acceptors (Lipinski definition) is 4. The van der Waals surface area contributed by atoms with E-state index in [-0.39, 0.29) is 5.69 Å². The Morgan fingerprint density at radius 2 is 2.06 bits per heavy atom. The van der Waals surface area contributed by atoms with Crippen molar-refractivity contribution in [1.82, 2.24) is 14.9 Å². The van der Waals surface area contributed by atoms with Gasteiger partial charge in [0, 0.05) is 12.1 Å². The van der Waals surface area contributed by atoms with E-state index in [1.807, 2.05) is 0 Å². The summed E-state index contributed by atoms with van der Waals surface area (Å²) in [6.07, 6.45) is 5.07. The number of carboxylic acids is 1. The molecule has 0 unspecified atom stereocenters. The Morgan fingerprint density at radius 1 is 1.38 bits per heavy atom. The molecule has 2 rings (SSSR count). The van der Waals surface area contributed by atoms with Crippen LogP contribution < -0.4 is 0 Å². The fraction of sp³-hybridized carbons (Fsp3) is 0.545. The van der Waals surface area contributed by atoms with Gasteiger partial charge in [0.25, 0.3) is 0 Å². The molecule has 5 heteroatoms. The summed E-state index contributed by atoms with van der Waals surface area (Å²) in [4.78, 5) is 21.0. The third-order valence-electron chi connectivity index (χ3n) is 3.03. The van der Waals surface area contributed by atoms with Gasteiger partial charge in [0.1, 0.15) is 0 Å². The molecule has 0 spiro atoms. The quantitative estimate of drug-likeness (QED) is 0.806. The first-order valence-electron chi connectivity index (χ1n) is 5.40. The predicted molar refractivity (Wildman–Crippen MR) is 58.5 cm³/mol. The van der Waals surface area contributed by atoms with Gasteiger partial charge in [0.05, 0.1) is 11.9 Å². The minimum absolute atomic E-state index is 0.0108. The average molecular weight is 221 g/mol. The molecule has 86 valence electrons. The molecule has 0 bridgehead atoms. The standard InChI is InChI=1S/C11H15N3O2/c1-14-4-2-8(3-5-14)9-6-13-10(7-12-9)11(15)16/h6-8H,2-5H2,1H3,(H,15,16). The van der Waals surface area contributed by atoms with Crippen molar-refractivity contribution in [2.75, 3.05) is 20.1 Å². The summed E-state index contributed by atoms with van der Waals surface area (Å²) in [6.45, 7) is 2.13. The molecule has 0 aromatic carbocycles. The summed E-state index contributed by atoms with van der Waals surface area (Å²) in [5.41, 5.74) is 0.926. The van der Waals surface area contributed by atoms with Crippen molar-refractivity contribution in [3.8, 4) is 0 Å². The number of carboxylic acid groups (broad SMARTS) is 1. The Bertz CT molecular complexity index is 369. The molecule has 1 aromatic rings. The molecule has 2 heterocycles. The normalized spacial score (nSPS) is 18.6. The molecule has 0 aliphatic carbocycles. The molecule has 0 atom stereocenters. The molecule has 1 aliphatic rings. The summed E-state index contributed by atoms with van der Waals surface area (Å²) in [7, 11) is 2.11. The number of piperidine rings is 1. The van der Waals surface area contributed by atoms with Crippen LogP contribution in [0.4, 0.5) is 0 Å². The van der Waals surface area contributed by atoms with Gasteiger partial charge in [-0.25, -0.2) is 9.78 Å². The summed E-state index contributed by atoms with van der Waals surface area (Å²) in [5, 5.41) is 8.71. The minimum atomic E-state index is -1.03.